The lowest BCUT2D eigenvalue weighted by Crippen LogP contribution is -2.51. The number of hydrogen-bond acceptors (Lipinski definition) is 4. The lowest BCUT2D eigenvalue weighted by molar-refractivity contribution is -0.150. The third-order valence-electron chi connectivity index (χ3n) is 5.36. The highest BCUT2D eigenvalue weighted by Crippen LogP contribution is 2.21. The average molecular weight is 361 g/mol. The van der Waals surface area contributed by atoms with Gasteiger partial charge in [-0.05, 0) is 35.2 Å². The van der Waals surface area contributed by atoms with E-state index in [1.807, 2.05) is 35.2 Å². The van der Waals surface area contributed by atoms with Crippen LogP contribution in [0.1, 0.15) is 22.3 Å². The number of carbonyl (C=O) groups excluding carboxylic acids is 1. The zero-order valence-electron chi connectivity index (χ0n) is 15.3. The SMILES string of the molecule is N#Cc1ccc(CN2CCOC(C(=O)N3CCc4ccccc4C3)C2)cc1. The van der Waals surface area contributed by atoms with E-state index in [0.717, 1.165) is 31.6 Å². The Hall–Kier alpha value is -2.68. The number of nitriles is 1. The molecular weight excluding hydrogens is 338 g/mol. The van der Waals surface area contributed by atoms with Crippen LogP contribution >= 0.6 is 0 Å². The monoisotopic (exact) mass is 361 g/mol. The van der Waals surface area contributed by atoms with Gasteiger partial charge in [0.1, 0.15) is 6.10 Å². The lowest BCUT2D eigenvalue weighted by atomic mass is 9.99. The summed E-state index contributed by atoms with van der Waals surface area (Å²) in [5, 5.41) is 8.91. The van der Waals surface area contributed by atoms with Crippen LogP contribution in [0.4, 0.5) is 0 Å². The molecule has 0 aromatic heterocycles. The molecule has 5 heteroatoms. The summed E-state index contributed by atoms with van der Waals surface area (Å²) in [6, 6.07) is 18.1. The van der Waals surface area contributed by atoms with Gasteiger partial charge in [0, 0.05) is 32.7 Å². The van der Waals surface area contributed by atoms with Crippen LogP contribution in [0, 0.1) is 11.3 Å². The van der Waals surface area contributed by atoms with Gasteiger partial charge in [0.05, 0.1) is 18.2 Å². The predicted molar refractivity (Wildman–Crippen MR) is 102 cm³/mol. The summed E-state index contributed by atoms with van der Waals surface area (Å²) >= 11 is 0. The lowest BCUT2D eigenvalue weighted by Gasteiger charge is -2.36. The normalized spacial score (nSPS) is 20.0. The number of morpholine rings is 1. The summed E-state index contributed by atoms with van der Waals surface area (Å²) < 4.78 is 5.81. The first-order chi connectivity index (χ1) is 13.2. The summed E-state index contributed by atoms with van der Waals surface area (Å²) in [5.41, 5.74) is 4.39. The van der Waals surface area contributed by atoms with Gasteiger partial charge in [-0.15, -0.1) is 0 Å². The Bertz CT molecular complexity index is 857. The fourth-order valence-corrected chi connectivity index (χ4v) is 3.83. The first-order valence-electron chi connectivity index (χ1n) is 9.41. The average Bonchev–Trinajstić information content (AvgIpc) is 2.73. The van der Waals surface area contributed by atoms with E-state index in [1.54, 1.807) is 0 Å². The van der Waals surface area contributed by atoms with Crippen LogP contribution in [0.3, 0.4) is 0 Å². The molecule has 1 saturated heterocycles. The molecule has 1 amide bonds. The van der Waals surface area contributed by atoms with Gasteiger partial charge in [-0.2, -0.15) is 5.26 Å². The molecule has 138 valence electrons. The Labute approximate surface area is 159 Å². The number of carbonyl (C=O) groups is 1. The summed E-state index contributed by atoms with van der Waals surface area (Å²) in [6.45, 7) is 4.18. The van der Waals surface area contributed by atoms with Crippen molar-refractivity contribution in [1.82, 2.24) is 9.80 Å². The number of nitrogens with zero attached hydrogens (tertiary/aromatic N) is 3. The Morgan fingerprint density at radius 3 is 2.67 bits per heavy atom. The highest BCUT2D eigenvalue weighted by molar-refractivity contribution is 5.81. The molecule has 0 N–H and O–H groups in total. The number of hydrogen-bond donors (Lipinski definition) is 0. The minimum Gasteiger partial charge on any atom is -0.366 e. The quantitative estimate of drug-likeness (QED) is 0.842. The molecule has 1 atom stereocenters. The van der Waals surface area contributed by atoms with Crippen LogP contribution in [0.15, 0.2) is 48.5 Å². The molecule has 1 fully saturated rings. The largest absolute Gasteiger partial charge is 0.366 e. The van der Waals surface area contributed by atoms with Crippen LogP contribution < -0.4 is 0 Å². The molecular formula is C22H23N3O2. The van der Waals surface area contributed by atoms with E-state index in [9.17, 15) is 4.79 Å². The smallest absolute Gasteiger partial charge is 0.253 e. The molecule has 5 nitrogen and oxygen atoms in total. The molecule has 2 aliphatic heterocycles. The van der Waals surface area contributed by atoms with Gasteiger partial charge in [0.2, 0.25) is 0 Å². The molecule has 1 unspecified atom stereocenters. The van der Waals surface area contributed by atoms with Gasteiger partial charge in [-0.3, -0.25) is 9.69 Å². The molecule has 4 rings (SSSR count). The molecule has 2 aromatic rings. The fourth-order valence-electron chi connectivity index (χ4n) is 3.83. The van der Waals surface area contributed by atoms with E-state index in [-0.39, 0.29) is 5.91 Å². The van der Waals surface area contributed by atoms with Crippen LogP contribution in [0.2, 0.25) is 0 Å². The van der Waals surface area contributed by atoms with E-state index in [0.29, 0.717) is 25.3 Å². The van der Waals surface area contributed by atoms with Crippen molar-refractivity contribution in [2.45, 2.75) is 25.6 Å². The first-order valence-corrected chi connectivity index (χ1v) is 9.41. The topological polar surface area (TPSA) is 56.6 Å². The first kappa shape index (κ1) is 17.7. The van der Waals surface area contributed by atoms with Crippen LogP contribution in [0.5, 0.6) is 0 Å². The van der Waals surface area contributed by atoms with Crippen molar-refractivity contribution in [3.63, 3.8) is 0 Å². The fraction of sp³-hybridized carbons (Fsp3) is 0.364. The summed E-state index contributed by atoms with van der Waals surface area (Å²) in [7, 11) is 0. The van der Waals surface area contributed by atoms with E-state index < -0.39 is 6.10 Å². The van der Waals surface area contributed by atoms with E-state index in [4.69, 9.17) is 10.00 Å². The minimum atomic E-state index is -0.401. The third-order valence-corrected chi connectivity index (χ3v) is 5.36. The van der Waals surface area contributed by atoms with Crippen molar-refractivity contribution in [3.8, 4) is 6.07 Å². The maximum atomic E-state index is 13.0. The van der Waals surface area contributed by atoms with Crippen molar-refractivity contribution >= 4 is 5.91 Å². The summed E-state index contributed by atoms with van der Waals surface area (Å²) in [4.78, 5) is 17.2. The number of amides is 1. The molecule has 0 radical (unpaired) electrons. The van der Waals surface area contributed by atoms with Crippen LogP contribution in [0.25, 0.3) is 0 Å². The maximum Gasteiger partial charge on any atom is 0.253 e. The second kappa shape index (κ2) is 7.91. The standard InChI is InChI=1S/C22H23N3O2/c23-13-17-5-7-18(8-6-17)14-24-11-12-27-21(16-24)22(26)25-10-9-19-3-1-2-4-20(19)15-25/h1-8,21H,9-12,14-16H2. The van der Waals surface area contributed by atoms with Crippen molar-refractivity contribution in [1.29, 1.82) is 5.26 Å². The van der Waals surface area contributed by atoms with E-state index >= 15 is 0 Å². The highest BCUT2D eigenvalue weighted by Gasteiger charge is 2.31. The summed E-state index contributed by atoms with van der Waals surface area (Å²) in [6.07, 6.45) is 0.506. The Balaban J connectivity index is 1.37. The molecule has 2 aliphatic rings. The highest BCUT2D eigenvalue weighted by atomic mass is 16.5. The zero-order valence-corrected chi connectivity index (χ0v) is 15.3. The molecule has 2 heterocycles. The number of fused-ring (bicyclic) bond motifs is 1. The van der Waals surface area contributed by atoms with Crippen molar-refractivity contribution in [3.05, 3.63) is 70.8 Å². The molecule has 0 bridgehead atoms. The predicted octanol–water partition coefficient (Wildman–Crippen LogP) is 2.34. The molecule has 27 heavy (non-hydrogen) atoms. The maximum absolute atomic E-state index is 13.0. The number of rotatable bonds is 3. The van der Waals surface area contributed by atoms with Crippen LogP contribution in [-0.4, -0.2) is 48.1 Å². The van der Waals surface area contributed by atoms with Gasteiger partial charge < -0.3 is 9.64 Å². The van der Waals surface area contributed by atoms with E-state index in [1.165, 1.54) is 11.1 Å². The van der Waals surface area contributed by atoms with Crippen LogP contribution in [-0.2, 0) is 29.0 Å². The number of ether oxygens (including phenoxy) is 1. The van der Waals surface area contributed by atoms with Crippen molar-refractivity contribution in [2.75, 3.05) is 26.2 Å². The molecule has 2 aromatic carbocycles. The van der Waals surface area contributed by atoms with Gasteiger partial charge in [-0.1, -0.05) is 36.4 Å². The zero-order chi connectivity index (χ0) is 18.6. The minimum absolute atomic E-state index is 0.0917. The van der Waals surface area contributed by atoms with Gasteiger partial charge in [-0.25, -0.2) is 0 Å². The van der Waals surface area contributed by atoms with Gasteiger partial charge >= 0.3 is 0 Å². The Kier molecular flexibility index (Phi) is 5.19. The van der Waals surface area contributed by atoms with Crippen molar-refractivity contribution < 1.29 is 9.53 Å². The van der Waals surface area contributed by atoms with Gasteiger partial charge in [0.25, 0.3) is 5.91 Å². The molecule has 0 aliphatic carbocycles. The molecule has 0 saturated carbocycles. The Morgan fingerprint density at radius 2 is 1.89 bits per heavy atom. The van der Waals surface area contributed by atoms with Gasteiger partial charge in [0.15, 0.2) is 0 Å². The van der Waals surface area contributed by atoms with E-state index in [2.05, 4.69) is 29.2 Å². The number of benzene rings is 2. The second-order valence-corrected chi connectivity index (χ2v) is 7.18. The third kappa shape index (κ3) is 4.02. The molecule has 0 spiro atoms. The summed E-state index contributed by atoms with van der Waals surface area (Å²) in [5.74, 6) is 0.0917. The Morgan fingerprint density at radius 1 is 1.11 bits per heavy atom. The van der Waals surface area contributed by atoms with Crippen molar-refractivity contribution in [2.24, 2.45) is 0 Å². The second-order valence-electron chi connectivity index (χ2n) is 7.18.